The maximum Gasteiger partial charge on any atom is 0.394 e. The molecule has 0 radical (unpaired) electrons. The lowest BCUT2D eigenvalue weighted by molar-refractivity contribution is -0.341. The minimum absolute atomic E-state index is 0.0183. The van der Waals surface area contributed by atoms with E-state index in [2.05, 4.69) is 26.8 Å². The van der Waals surface area contributed by atoms with Crippen LogP contribution in [0.1, 0.15) is 45.4 Å². The van der Waals surface area contributed by atoms with Crippen molar-refractivity contribution in [1.29, 1.82) is 0 Å². The highest BCUT2D eigenvalue weighted by atomic mass is 19.4. The van der Waals surface area contributed by atoms with Gasteiger partial charge in [-0.15, -0.1) is 0 Å². The smallest absolute Gasteiger partial charge is 0.355 e. The molecule has 10 heteroatoms. The van der Waals surface area contributed by atoms with Crippen molar-refractivity contribution < 1.29 is 22.7 Å². The number of alkyl halides is 3. The van der Waals surface area contributed by atoms with Crippen molar-refractivity contribution in [2.24, 2.45) is 16.7 Å². The van der Waals surface area contributed by atoms with E-state index < -0.39 is 28.8 Å². The van der Waals surface area contributed by atoms with Gasteiger partial charge in [-0.2, -0.15) is 13.2 Å². The number of nitrogens with one attached hydrogen (secondary N) is 5. The summed E-state index contributed by atoms with van der Waals surface area (Å²) < 4.78 is 45.6. The van der Waals surface area contributed by atoms with Gasteiger partial charge in [0.1, 0.15) is 12.5 Å². The van der Waals surface area contributed by atoms with Crippen LogP contribution in [0.15, 0.2) is 0 Å². The third-order valence-electron chi connectivity index (χ3n) is 7.66. The Morgan fingerprint density at radius 1 is 1.18 bits per heavy atom. The number of hydrazine groups is 1. The van der Waals surface area contributed by atoms with Crippen LogP contribution >= 0.6 is 0 Å². The van der Waals surface area contributed by atoms with Gasteiger partial charge >= 0.3 is 6.18 Å². The number of hydrogen-bond donors (Lipinski definition) is 5. The number of hydrogen-bond acceptors (Lipinski definition) is 6. The molecule has 3 saturated carbocycles. The number of rotatable bonds is 4. The minimum atomic E-state index is -4.10. The number of carbonyl (C=O) groups is 1. The van der Waals surface area contributed by atoms with Crippen LogP contribution < -0.4 is 26.8 Å². The molecule has 0 aromatic heterocycles. The highest BCUT2D eigenvalue weighted by Gasteiger charge is 2.78. The molecule has 158 valence electrons. The van der Waals surface area contributed by atoms with Crippen LogP contribution in [-0.2, 0) is 9.53 Å². The maximum absolute atomic E-state index is 13.1. The van der Waals surface area contributed by atoms with Crippen LogP contribution in [0.3, 0.4) is 0 Å². The van der Waals surface area contributed by atoms with Crippen LogP contribution in [0.2, 0.25) is 0 Å². The summed E-state index contributed by atoms with van der Waals surface area (Å²) >= 11 is 0. The SMILES string of the molecule is CC1(C2NNC(C3CCCNC3NC34CC(C(F)(F)F)(C3)C4)O2)CCNC1=O. The lowest BCUT2D eigenvalue weighted by Crippen LogP contribution is -2.81. The van der Waals surface area contributed by atoms with E-state index in [0.29, 0.717) is 13.0 Å². The summed E-state index contributed by atoms with van der Waals surface area (Å²) in [6.45, 7) is 3.36. The summed E-state index contributed by atoms with van der Waals surface area (Å²) in [6.07, 6.45) is -1.83. The van der Waals surface area contributed by atoms with Gasteiger partial charge in [0.15, 0.2) is 0 Å². The summed E-state index contributed by atoms with van der Waals surface area (Å²) in [5.74, 6) is 0.0467. The quantitative estimate of drug-likeness (QED) is 0.475. The van der Waals surface area contributed by atoms with Gasteiger partial charge in [-0.05, 0) is 52.0 Å². The zero-order valence-corrected chi connectivity index (χ0v) is 15.9. The first-order chi connectivity index (χ1) is 13.2. The molecule has 3 heterocycles. The number of piperidine rings is 1. The molecule has 3 aliphatic carbocycles. The highest BCUT2D eigenvalue weighted by molar-refractivity contribution is 5.84. The van der Waals surface area contributed by atoms with Crippen LogP contribution in [0.5, 0.6) is 0 Å². The Kier molecular flexibility index (Phi) is 4.11. The first-order valence-electron chi connectivity index (χ1n) is 10.2. The minimum Gasteiger partial charge on any atom is -0.355 e. The molecule has 1 amide bonds. The third-order valence-corrected chi connectivity index (χ3v) is 7.66. The van der Waals surface area contributed by atoms with Gasteiger partial charge in [-0.3, -0.25) is 10.1 Å². The number of amides is 1. The molecule has 5 atom stereocenters. The van der Waals surface area contributed by atoms with Crippen LogP contribution in [0, 0.1) is 16.7 Å². The summed E-state index contributed by atoms with van der Waals surface area (Å²) in [4.78, 5) is 12.2. The van der Waals surface area contributed by atoms with Crippen molar-refractivity contribution in [3.63, 3.8) is 0 Å². The van der Waals surface area contributed by atoms with Gasteiger partial charge in [-0.25, -0.2) is 10.9 Å². The molecule has 3 saturated heterocycles. The molecule has 6 fully saturated rings. The van der Waals surface area contributed by atoms with Crippen molar-refractivity contribution in [2.75, 3.05) is 13.1 Å². The molecule has 6 aliphatic rings. The van der Waals surface area contributed by atoms with Gasteiger partial charge in [-0.1, -0.05) is 0 Å². The van der Waals surface area contributed by atoms with Gasteiger partial charge in [0.05, 0.1) is 17.0 Å². The fraction of sp³-hybridized carbons (Fsp3) is 0.944. The Labute approximate surface area is 161 Å². The fourth-order valence-corrected chi connectivity index (χ4v) is 5.86. The van der Waals surface area contributed by atoms with Crippen molar-refractivity contribution in [3.05, 3.63) is 0 Å². The van der Waals surface area contributed by atoms with Gasteiger partial charge in [0.25, 0.3) is 0 Å². The van der Waals surface area contributed by atoms with Gasteiger partial charge in [0, 0.05) is 18.0 Å². The van der Waals surface area contributed by atoms with Crippen molar-refractivity contribution in [2.45, 2.75) is 75.8 Å². The van der Waals surface area contributed by atoms with E-state index >= 15 is 0 Å². The largest absolute Gasteiger partial charge is 0.394 e. The topological polar surface area (TPSA) is 86.4 Å². The van der Waals surface area contributed by atoms with Gasteiger partial charge in [0.2, 0.25) is 5.91 Å². The number of carbonyl (C=O) groups excluding carboxylic acids is 1. The van der Waals surface area contributed by atoms with Crippen LogP contribution in [0.4, 0.5) is 13.2 Å². The average molecular weight is 403 g/mol. The summed E-state index contributed by atoms with van der Waals surface area (Å²) in [6, 6.07) is 0. The molecule has 28 heavy (non-hydrogen) atoms. The van der Waals surface area contributed by atoms with Crippen molar-refractivity contribution in [1.82, 2.24) is 26.8 Å². The molecule has 3 aliphatic heterocycles. The predicted molar refractivity (Wildman–Crippen MR) is 93.4 cm³/mol. The van der Waals surface area contributed by atoms with E-state index in [4.69, 9.17) is 4.74 Å². The Morgan fingerprint density at radius 3 is 2.57 bits per heavy atom. The average Bonchev–Trinajstić information content (AvgIpc) is 3.17. The molecule has 6 rings (SSSR count). The standard InChI is InChI=1S/C18H28F3N5O2/c1-15(4-6-23-13(15)27)14-26-25-12(28-14)10-3-2-5-22-11(10)24-17-7-16(8-17,9-17)18(19,20)21/h10-12,14,22,24-26H,2-9H2,1H3,(H,23,27). The maximum atomic E-state index is 13.1. The molecule has 7 nitrogen and oxygen atoms in total. The van der Waals surface area contributed by atoms with E-state index in [-0.39, 0.29) is 43.5 Å². The Hall–Kier alpha value is -0.940. The fourth-order valence-electron chi connectivity index (χ4n) is 5.86. The monoisotopic (exact) mass is 403 g/mol. The Morgan fingerprint density at radius 2 is 1.93 bits per heavy atom. The van der Waals surface area contributed by atoms with Gasteiger partial charge < -0.3 is 15.4 Å². The molecular formula is C18H28F3N5O2. The molecular weight excluding hydrogens is 375 g/mol. The van der Waals surface area contributed by atoms with E-state index in [1.165, 1.54) is 0 Å². The predicted octanol–water partition coefficient (Wildman–Crippen LogP) is 0.690. The van der Waals surface area contributed by atoms with E-state index in [1.807, 2.05) is 6.92 Å². The first-order valence-corrected chi connectivity index (χ1v) is 10.2. The molecule has 0 aromatic carbocycles. The third kappa shape index (κ3) is 2.64. The Balaban J connectivity index is 1.22. The number of halogens is 3. The summed E-state index contributed by atoms with van der Waals surface area (Å²) in [7, 11) is 0. The second-order valence-electron chi connectivity index (χ2n) is 9.62. The molecule has 5 N–H and O–H groups in total. The molecule has 0 aromatic rings. The number of ether oxygens (including phenoxy) is 1. The van der Waals surface area contributed by atoms with Crippen LogP contribution in [-0.4, -0.2) is 49.3 Å². The second-order valence-corrected chi connectivity index (χ2v) is 9.62. The molecule has 0 spiro atoms. The second kappa shape index (κ2) is 6.04. The highest BCUT2D eigenvalue weighted by Crippen LogP contribution is 2.73. The zero-order chi connectivity index (χ0) is 19.8. The van der Waals surface area contributed by atoms with Crippen molar-refractivity contribution in [3.8, 4) is 0 Å². The molecule has 5 unspecified atom stereocenters. The van der Waals surface area contributed by atoms with E-state index in [1.54, 1.807) is 0 Å². The van der Waals surface area contributed by atoms with E-state index in [0.717, 1.165) is 19.4 Å². The zero-order valence-electron chi connectivity index (χ0n) is 15.9. The normalized spacial score (nSPS) is 50.8. The summed E-state index contributed by atoms with van der Waals surface area (Å²) in [5.41, 5.74) is 3.83. The first kappa shape index (κ1) is 19.0. The summed E-state index contributed by atoms with van der Waals surface area (Å²) in [5, 5.41) is 9.77. The lowest BCUT2D eigenvalue weighted by Gasteiger charge is -2.71. The Bertz CT molecular complexity index is 654. The van der Waals surface area contributed by atoms with Crippen LogP contribution in [0.25, 0.3) is 0 Å². The van der Waals surface area contributed by atoms with E-state index in [9.17, 15) is 18.0 Å². The molecule has 2 bridgehead atoms. The van der Waals surface area contributed by atoms with Crippen molar-refractivity contribution >= 4 is 5.91 Å². The lowest BCUT2D eigenvalue weighted by atomic mass is 9.39.